The van der Waals surface area contributed by atoms with Gasteiger partial charge in [-0.3, -0.25) is 15.0 Å². The number of rotatable bonds is 3. The zero-order valence-corrected chi connectivity index (χ0v) is 14.9. The van der Waals surface area contributed by atoms with E-state index in [1.807, 2.05) is 23.6 Å². The molecule has 0 unspecified atom stereocenters. The monoisotopic (exact) mass is 374 g/mol. The molecule has 0 radical (unpaired) electrons. The summed E-state index contributed by atoms with van der Waals surface area (Å²) in [5.41, 5.74) is 3.57. The number of hydrogen-bond donors (Lipinski definition) is 1. The summed E-state index contributed by atoms with van der Waals surface area (Å²) in [7, 11) is 0. The molecule has 0 aliphatic rings. The molecule has 0 aliphatic carbocycles. The van der Waals surface area contributed by atoms with E-state index in [1.54, 1.807) is 48.5 Å². The van der Waals surface area contributed by atoms with Crippen LogP contribution < -0.4 is 10.4 Å². The van der Waals surface area contributed by atoms with Gasteiger partial charge in [0.2, 0.25) is 0 Å². The minimum atomic E-state index is -0.401. The van der Waals surface area contributed by atoms with Gasteiger partial charge >= 0.3 is 0 Å². The lowest BCUT2D eigenvalue weighted by Crippen LogP contribution is -2.47. The predicted octanol–water partition coefficient (Wildman–Crippen LogP) is 3.68. The fourth-order valence-electron chi connectivity index (χ4n) is 2.62. The number of amides is 2. The smallest absolute Gasteiger partial charge is 0.267 e. The molecule has 2 amide bonds. The fourth-order valence-corrected chi connectivity index (χ4v) is 3.35. The van der Waals surface area contributed by atoms with Gasteiger partial charge in [-0.25, -0.2) is 9.97 Å². The van der Waals surface area contributed by atoms with Gasteiger partial charge in [-0.1, -0.05) is 36.4 Å². The summed E-state index contributed by atoms with van der Waals surface area (Å²) in [5.74, 6) is -0.452. The highest BCUT2D eigenvalue weighted by Crippen LogP contribution is 2.27. The number of thiophene rings is 1. The number of fused-ring (bicyclic) bond motifs is 1. The Hall–Kier alpha value is -3.58. The summed E-state index contributed by atoms with van der Waals surface area (Å²) >= 11 is 1.44. The second-order valence-electron chi connectivity index (χ2n) is 5.65. The van der Waals surface area contributed by atoms with Crippen LogP contribution >= 0.6 is 11.3 Å². The van der Waals surface area contributed by atoms with E-state index in [0.29, 0.717) is 22.3 Å². The Morgan fingerprint density at radius 1 is 0.852 bits per heavy atom. The molecule has 7 heteroatoms. The number of benzene rings is 2. The number of anilines is 1. The molecule has 0 saturated heterocycles. The van der Waals surface area contributed by atoms with E-state index in [0.717, 1.165) is 4.83 Å². The third kappa shape index (κ3) is 3.40. The van der Waals surface area contributed by atoms with Crippen LogP contribution in [0.2, 0.25) is 0 Å². The van der Waals surface area contributed by atoms with Crippen molar-refractivity contribution in [3.63, 3.8) is 0 Å². The number of carbonyl (C=O) groups excluding carboxylic acids is 2. The van der Waals surface area contributed by atoms with E-state index in [1.165, 1.54) is 22.7 Å². The molecule has 2 aromatic carbocycles. The normalized spacial score (nSPS) is 10.5. The largest absolute Gasteiger partial charge is 0.278 e. The third-order valence-corrected chi connectivity index (χ3v) is 4.75. The topological polar surface area (TPSA) is 75.2 Å². The van der Waals surface area contributed by atoms with Crippen molar-refractivity contribution in [2.75, 3.05) is 5.01 Å². The van der Waals surface area contributed by atoms with Gasteiger partial charge in [-0.05, 0) is 35.7 Å². The second kappa shape index (κ2) is 7.35. The molecule has 0 spiro atoms. The summed E-state index contributed by atoms with van der Waals surface area (Å²) in [4.78, 5) is 35.0. The van der Waals surface area contributed by atoms with Crippen molar-refractivity contribution in [1.29, 1.82) is 0 Å². The van der Waals surface area contributed by atoms with Crippen LogP contribution in [-0.4, -0.2) is 21.8 Å². The maximum Gasteiger partial charge on any atom is 0.278 e. The fraction of sp³-hybridized carbons (Fsp3) is 0. The van der Waals surface area contributed by atoms with Gasteiger partial charge in [0.15, 0.2) is 5.82 Å². The number of hydrogen-bond acceptors (Lipinski definition) is 5. The van der Waals surface area contributed by atoms with Crippen LogP contribution in [0.4, 0.5) is 5.82 Å². The first-order chi connectivity index (χ1) is 13.2. The SMILES string of the molecule is O=C(NN(C(=O)c1ccccc1)c1ncnc2sccc12)c1ccccc1. The Labute approximate surface area is 159 Å². The molecular formula is C20H14N4O2S. The lowest BCUT2D eigenvalue weighted by molar-refractivity contribution is 0.0887. The molecular weight excluding hydrogens is 360 g/mol. The van der Waals surface area contributed by atoms with E-state index in [9.17, 15) is 9.59 Å². The van der Waals surface area contributed by atoms with Gasteiger partial charge < -0.3 is 0 Å². The van der Waals surface area contributed by atoms with Crippen molar-refractivity contribution in [2.24, 2.45) is 0 Å². The molecule has 0 saturated carbocycles. The van der Waals surface area contributed by atoms with Gasteiger partial charge in [0.1, 0.15) is 11.2 Å². The molecule has 0 atom stereocenters. The van der Waals surface area contributed by atoms with Crippen LogP contribution in [0.5, 0.6) is 0 Å². The number of aromatic nitrogens is 2. The summed E-state index contributed by atoms with van der Waals surface area (Å²) in [5, 5.41) is 3.74. The molecule has 27 heavy (non-hydrogen) atoms. The first kappa shape index (κ1) is 16.9. The standard InChI is InChI=1S/C20H14N4O2S/c25-18(14-7-3-1-4-8-14)23-24(20(26)15-9-5-2-6-10-15)17-16-11-12-27-19(16)22-13-21-17/h1-13H,(H,23,25). The van der Waals surface area contributed by atoms with Crippen molar-refractivity contribution in [3.8, 4) is 0 Å². The van der Waals surface area contributed by atoms with Crippen molar-refractivity contribution < 1.29 is 9.59 Å². The molecule has 6 nitrogen and oxygen atoms in total. The minimum Gasteiger partial charge on any atom is -0.267 e. The molecule has 1 N–H and O–H groups in total. The second-order valence-corrected chi connectivity index (χ2v) is 6.54. The molecule has 4 rings (SSSR count). The summed E-state index contributed by atoms with van der Waals surface area (Å²) in [6.07, 6.45) is 1.38. The highest BCUT2D eigenvalue weighted by atomic mass is 32.1. The Morgan fingerprint density at radius 3 is 2.22 bits per heavy atom. The van der Waals surface area contributed by atoms with Crippen LogP contribution in [0.1, 0.15) is 20.7 Å². The molecule has 132 valence electrons. The van der Waals surface area contributed by atoms with Crippen molar-refractivity contribution >= 4 is 39.2 Å². The van der Waals surface area contributed by atoms with Crippen LogP contribution in [-0.2, 0) is 0 Å². The average Bonchev–Trinajstić information content (AvgIpc) is 3.22. The zero-order valence-electron chi connectivity index (χ0n) is 14.1. The number of carbonyl (C=O) groups is 2. The first-order valence-corrected chi connectivity index (χ1v) is 9.06. The van der Waals surface area contributed by atoms with E-state index in [2.05, 4.69) is 15.4 Å². The van der Waals surface area contributed by atoms with Gasteiger partial charge in [-0.2, -0.15) is 5.01 Å². The van der Waals surface area contributed by atoms with E-state index in [-0.39, 0.29) is 5.91 Å². The summed E-state index contributed by atoms with van der Waals surface area (Å²) in [6, 6.07) is 19.3. The molecule has 0 bridgehead atoms. The molecule has 4 aromatic rings. The number of nitrogens with one attached hydrogen (secondary N) is 1. The van der Waals surface area contributed by atoms with E-state index >= 15 is 0 Å². The minimum absolute atomic E-state index is 0.333. The van der Waals surface area contributed by atoms with Crippen molar-refractivity contribution in [1.82, 2.24) is 15.4 Å². The lowest BCUT2D eigenvalue weighted by Gasteiger charge is -2.23. The van der Waals surface area contributed by atoms with Crippen LogP contribution in [0.3, 0.4) is 0 Å². The maximum absolute atomic E-state index is 13.1. The van der Waals surface area contributed by atoms with Gasteiger partial charge in [0.25, 0.3) is 11.8 Å². The quantitative estimate of drug-likeness (QED) is 0.555. The third-order valence-electron chi connectivity index (χ3n) is 3.93. The van der Waals surface area contributed by atoms with Gasteiger partial charge in [-0.15, -0.1) is 11.3 Å². The van der Waals surface area contributed by atoms with E-state index in [4.69, 9.17) is 0 Å². The predicted molar refractivity (Wildman–Crippen MR) is 105 cm³/mol. The Balaban J connectivity index is 1.77. The van der Waals surface area contributed by atoms with E-state index < -0.39 is 5.91 Å². The van der Waals surface area contributed by atoms with Crippen molar-refractivity contribution in [3.05, 3.63) is 89.6 Å². The Kier molecular flexibility index (Phi) is 4.59. The van der Waals surface area contributed by atoms with Crippen molar-refractivity contribution in [2.45, 2.75) is 0 Å². The number of nitrogens with zero attached hydrogens (tertiary/aromatic N) is 3. The highest BCUT2D eigenvalue weighted by molar-refractivity contribution is 7.16. The Bertz CT molecular complexity index is 1100. The molecule has 2 heterocycles. The first-order valence-electron chi connectivity index (χ1n) is 8.18. The molecule has 0 fully saturated rings. The molecule has 2 aromatic heterocycles. The zero-order chi connectivity index (χ0) is 18.6. The van der Waals surface area contributed by atoms with Crippen LogP contribution in [0.25, 0.3) is 10.2 Å². The lowest BCUT2D eigenvalue weighted by atomic mass is 10.2. The highest BCUT2D eigenvalue weighted by Gasteiger charge is 2.24. The molecule has 0 aliphatic heterocycles. The van der Waals surface area contributed by atoms with Crippen LogP contribution in [0, 0.1) is 0 Å². The summed E-state index contributed by atoms with van der Waals surface area (Å²) in [6.45, 7) is 0. The number of hydrazine groups is 1. The maximum atomic E-state index is 13.1. The Morgan fingerprint density at radius 2 is 1.52 bits per heavy atom. The van der Waals surface area contributed by atoms with Gasteiger partial charge in [0, 0.05) is 11.1 Å². The van der Waals surface area contributed by atoms with Crippen LogP contribution in [0.15, 0.2) is 78.4 Å². The summed E-state index contributed by atoms with van der Waals surface area (Å²) < 4.78 is 0. The average molecular weight is 374 g/mol. The van der Waals surface area contributed by atoms with Gasteiger partial charge in [0.05, 0.1) is 5.39 Å².